The minimum absolute atomic E-state index is 0.342. The fraction of sp³-hybridized carbons (Fsp3) is 0.200. The topological polar surface area (TPSA) is 35.2 Å². The van der Waals surface area contributed by atoms with E-state index in [2.05, 4.69) is 0 Å². The summed E-state index contributed by atoms with van der Waals surface area (Å²) in [5, 5.41) is 0. The molecule has 0 bridgehead atoms. The van der Waals surface area contributed by atoms with Crippen LogP contribution in [0.5, 0.6) is 5.75 Å². The Morgan fingerprint density at radius 3 is 2.50 bits per heavy atom. The van der Waals surface area contributed by atoms with Crippen LogP contribution in [0.15, 0.2) is 42.5 Å². The maximum Gasteiger partial charge on any atom is 0.132 e. The molecule has 0 saturated heterocycles. The number of methoxy groups -OCH3 is 1. The lowest BCUT2D eigenvalue weighted by Gasteiger charge is -2.18. The van der Waals surface area contributed by atoms with Crippen LogP contribution in [0.2, 0.25) is 0 Å². The Labute approximate surface area is 106 Å². The zero-order valence-corrected chi connectivity index (χ0v) is 10.5. The van der Waals surface area contributed by atoms with Crippen molar-refractivity contribution in [3.63, 3.8) is 0 Å². The standard InChI is InChI=1S/C15H16FNO/c1-10-6-3-4-7-11(10)15(17)14-12(16)8-5-9-13(14)18-2/h3-9,15H,17H2,1-2H3. The number of benzene rings is 2. The number of halogens is 1. The van der Waals surface area contributed by atoms with E-state index in [1.807, 2.05) is 31.2 Å². The minimum atomic E-state index is -0.526. The molecule has 0 saturated carbocycles. The molecule has 2 aromatic carbocycles. The summed E-state index contributed by atoms with van der Waals surface area (Å²) in [5.41, 5.74) is 8.51. The number of ether oxygens (including phenoxy) is 1. The summed E-state index contributed by atoms with van der Waals surface area (Å²) in [6.07, 6.45) is 0. The molecule has 0 aliphatic carbocycles. The lowest BCUT2D eigenvalue weighted by Crippen LogP contribution is -2.16. The molecule has 1 unspecified atom stereocenters. The Hall–Kier alpha value is -1.87. The van der Waals surface area contributed by atoms with Gasteiger partial charge in [-0.1, -0.05) is 30.3 Å². The smallest absolute Gasteiger partial charge is 0.132 e. The molecule has 2 N–H and O–H groups in total. The van der Waals surface area contributed by atoms with Gasteiger partial charge in [-0.05, 0) is 30.2 Å². The van der Waals surface area contributed by atoms with E-state index in [0.717, 1.165) is 11.1 Å². The van der Waals surface area contributed by atoms with Crippen molar-refractivity contribution in [2.24, 2.45) is 5.73 Å². The van der Waals surface area contributed by atoms with Crippen molar-refractivity contribution >= 4 is 0 Å². The molecule has 0 fully saturated rings. The van der Waals surface area contributed by atoms with Crippen molar-refractivity contribution in [1.82, 2.24) is 0 Å². The second kappa shape index (κ2) is 5.19. The molecule has 0 amide bonds. The van der Waals surface area contributed by atoms with Gasteiger partial charge in [-0.2, -0.15) is 0 Å². The first-order valence-electron chi connectivity index (χ1n) is 5.78. The number of nitrogens with two attached hydrogens (primary N) is 1. The summed E-state index contributed by atoms with van der Waals surface area (Å²) in [7, 11) is 1.52. The predicted molar refractivity (Wildman–Crippen MR) is 70.2 cm³/mol. The lowest BCUT2D eigenvalue weighted by atomic mass is 9.95. The Balaban J connectivity index is 2.52. The molecule has 0 radical (unpaired) electrons. The van der Waals surface area contributed by atoms with Crippen LogP contribution >= 0.6 is 0 Å². The molecule has 2 rings (SSSR count). The third kappa shape index (κ3) is 2.22. The van der Waals surface area contributed by atoms with E-state index in [4.69, 9.17) is 10.5 Å². The molecule has 0 aliphatic rings. The molecule has 0 spiro atoms. The van der Waals surface area contributed by atoms with Crippen molar-refractivity contribution in [3.05, 3.63) is 65.0 Å². The Kier molecular flexibility index (Phi) is 3.63. The maximum absolute atomic E-state index is 13.9. The second-order valence-electron chi connectivity index (χ2n) is 4.19. The summed E-state index contributed by atoms with van der Waals surface area (Å²) in [6.45, 7) is 1.96. The van der Waals surface area contributed by atoms with Gasteiger partial charge < -0.3 is 10.5 Å². The van der Waals surface area contributed by atoms with Crippen molar-refractivity contribution in [2.45, 2.75) is 13.0 Å². The zero-order valence-electron chi connectivity index (χ0n) is 10.5. The highest BCUT2D eigenvalue weighted by atomic mass is 19.1. The highest BCUT2D eigenvalue weighted by Crippen LogP contribution is 2.31. The molecule has 94 valence electrons. The van der Waals surface area contributed by atoms with Gasteiger partial charge in [-0.25, -0.2) is 4.39 Å². The third-order valence-corrected chi connectivity index (χ3v) is 3.07. The Morgan fingerprint density at radius 1 is 1.11 bits per heavy atom. The Morgan fingerprint density at radius 2 is 1.83 bits per heavy atom. The minimum Gasteiger partial charge on any atom is -0.496 e. The van der Waals surface area contributed by atoms with Gasteiger partial charge >= 0.3 is 0 Å². The number of aryl methyl sites for hydroxylation is 1. The maximum atomic E-state index is 13.9. The summed E-state index contributed by atoms with van der Waals surface area (Å²) in [4.78, 5) is 0. The van der Waals surface area contributed by atoms with E-state index in [9.17, 15) is 4.39 Å². The van der Waals surface area contributed by atoms with Gasteiger partial charge in [0.25, 0.3) is 0 Å². The molecule has 0 aromatic heterocycles. The van der Waals surface area contributed by atoms with Crippen LogP contribution in [0, 0.1) is 12.7 Å². The summed E-state index contributed by atoms with van der Waals surface area (Å²) >= 11 is 0. The van der Waals surface area contributed by atoms with E-state index in [0.29, 0.717) is 11.3 Å². The average Bonchev–Trinajstić information content (AvgIpc) is 2.38. The van der Waals surface area contributed by atoms with E-state index < -0.39 is 6.04 Å². The van der Waals surface area contributed by atoms with Crippen LogP contribution in [0.1, 0.15) is 22.7 Å². The molecule has 3 heteroatoms. The fourth-order valence-electron chi connectivity index (χ4n) is 2.09. The molecular formula is C15H16FNO. The quantitative estimate of drug-likeness (QED) is 0.901. The van der Waals surface area contributed by atoms with Crippen LogP contribution < -0.4 is 10.5 Å². The van der Waals surface area contributed by atoms with Gasteiger partial charge in [0.1, 0.15) is 11.6 Å². The second-order valence-corrected chi connectivity index (χ2v) is 4.19. The highest BCUT2D eigenvalue weighted by molar-refractivity contribution is 5.44. The zero-order chi connectivity index (χ0) is 13.1. The van der Waals surface area contributed by atoms with Crippen molar-refractivity contribution in [2.75, 3.05) is 7.11 Å². The molecule has 0 heterocycles. The molecular weight excluding hydrogens is 229 g/mol. The first-order valence-corrected chi connectivity index (χ1v) is 5.78. The lowest BCUT2D eigenvalue weighted by molar-refractivity contribution is 0.402. The number of rotatable bonds is 3. The Bertz CT molecular complexity index is 554. The van der Waals surface area contributed by atoms with Gasteiger partial charge in [0.2, 0.25) is 0 Å². The summed E-state index contributed by atoms with van der Waals surface area (Å²) in [5.74, 6) is 0.135. The SMILES string of the molecule is COc1cccc(F)c1C(N)c1ccccc1C. The number of hydrogen-bond acceptors (Lipinski definition) is 2. The van der Waals surface area contributed by atoms with Gasteiger partial charge in [0.05, 0.1) is 18.7 Å². The van der Waals surface area contributed by atoms with Crippen molar-refractivity contribution in [1.29, 1.82) is 0 Å². The van der Waals surface area contributed by atoms with E-state index in [-0.39, 0.29) is 5.82 Å². The van der Waals surface area contributed by atoms with Crippen LogP contribution in [0.4, 0.5) is 4.39 Å². The third-order valence-electron chi connectivity index (χ3n) is 3.07. The molecule has 0 aliphatic heterocycles. The largest absolute Gasteiger partial charge is 0.496 e. The predicted octanol–water partition coefficient (Wildman–Crippen LogP) is 3.19. The van der Waals surface area contributed by atoms with Gasteiger partial charge in [0, 0.05) is 0 Å². The van der Waals surface area contributed by atoms with Crippen LogP contribution in [-0.2, 0) is 0 Å². The summed E-state index contributed by atoms with van der Waals surface area (Å²) < 4.78 is 19.1. The van der Waals surface area contributed by atoms with Crippen molar-refractivity contribution < 1.29 is 9.13 Å². The first-order chi connectivity index (χ1) is 8.65. The molecule has 2 nitrogen and oxygen atoms in total. The average molecular weight is 245 g/mol. The van der Waals surface area contributed by atoms with Crippen LogP contribution in [0.3, 0.4) is 0 Å². The van der Waals surface area contributed by atoms with Crippen LogP contribution in [-0.4, -0.2) is 7.11 Å². The van der Waals surface area contributed by atoms with Crippen LogP contribution in [0.25, 0.3) is 0 Å². The van der Waals surface area contributed by atoms with E-state index in [1.54, 1.807) is 12.1 Å². The number of hydrogen-bond donors (Lipinski definition) is 1. The van der Waals surface area contributed by atoms with Gasteiger partial charge in [0.15, 0.2) is 0 Å². The normalized spacial score (nSPS) is 12.2. The molecule has 1 atom stereocenters. The van der Waals surface area contributed by atoms with E-state index in [1.165, 1.54) is 13.2 Å². The fourth-order valence-corrected chi connectivity index (χ4v) is 2.09. The van der Waals surface area contributed by atoms with Crippen molar-refractivity contribution in [3.8, 4) is 5.75 Å². The first kappa shape index (κ1) is 12.6. The monoisotopic (exact) mass is 245 g/mol. The summed E-state index contributed by atoms with van der Waals surface area (Å²) in [6, 6.07) is 11.9. The van der Waals surface area contributed by atoms with Gasteiger partial charge in [-0.15, -0.1) is 0 Å². The molecule has 2 aromatic rings. The highest BCUT2D eigenvalue weighted by Gasteiger charge is 2.19. The molecule has 18 heavy (non-hydrogen) atoms. The van der Waals surface area contributed by atoms with Gasteiger partial charge in [-0.3, -0.25) is 0 Å². The van der Waals surface area contributed by atoms with E-state index >= 15 is 0 Å².